The van der Waals surface area contributed by atoms with E-state index in [9.17, 15) is 0 Å². The molecule has 4 nitrogen and oxygen atoms in total. The van der Waals surface area contributed by atoms with Gasteiger partial charge in [0.25, 0.3) is 0 Å². The maximum atomic E-state index is 4.26. The highest BCUT2D eigenvalue weighted by atomic mass is 127. The zero-order valence-corrected chi connectivity index (χ0v) is 17.1. The first-order valence-electron chi connectivity index (χ1n) is 7.59. The van der Waals surface area contributed by atoms with Gasteiger partial charge in [-0.15, -0.1) is 24.0 Å². The average molecular weight is 418 g/mol. The number of hydrogen-bond donors (Lipinski definition) is 2. The number of nitrogens with one attached hydrogen (secondary N) is 2. The SMILES string of the molecule is CCN(C)Cc1cccc(CNC(=NC)NC(C)(C)C)c1.I. The first-order chi connectivity index (χ1) is 9.84. The van der Waals surface area contributed by atoms with Crippen LogP contribution in [-0.2, 0) is 13.1 Å². The predicted molar refractivity (Wildman–Crippen MR) is 107 cm³/mol. The molecule has 0 aromatic heterocycles. The fourth-order valence-corrected chi connectivity index (χ4v) is 1.98. The van der Waals surface area contributed by atoms with Gasteiger partial charge in [0.1, 0.15) is 0 Å². The second-order valence-electron chi connectivity index (χ2n) is 6.45. The number of aliphatic imine (C=N–C) groups is 1. The van der Waals surface area contributed by atoms with Crippen molar-refractivity contribution in [2.75, 3.05) is 20.6 Å². The van der Waals surface area contributed by atoms with E-state index in [2.05, 4.69) is 79.5 Å². The number of nitrogens with zero attached hydrogens (tertiary/aromatic N) is 2. The highest BCUT2D eigenvalue weighted by Gasteiger charge is 2.11. The van der Waals surface area contributed by atoms with Gasteiger partial charge < -0.3 is 15.5 Å². The number of rotatable bonds is 5. The lowest BCUT2D eigenvalue weighted by molar-refractivity contribution is 0.345. The van der Waals surface area contributed by atoms with E-state index in [4.69, 9.17) is 0 Å². The summed E-state index contributed by atoms with van der Waals surface area (Å²) in [7, 11) is 3.94. The highest BCUT2D eigenvalue weighted by molar-refractivity contribution is 14.0. The van der Waals surface area contributed by atoms with Crippen molar-refractivity contribution < 1.29 is 0 Å². The molecule has 0 aliphatic heterocycles. The van der Waals surface area contributed by atoms with E-state index in [1.165, 1.54) is 11.1 Å². The van der Waals surface area contributed by atoms with Gasteiger partial charge in [0, 0.05) is 25.7 Å². The quantitative estimate of drug-likeness (QED) is 0.438. The molecule has 0 heterocycles. The maximum absolute atomic E-state index is 4.26. The van der Waals surface area contributed by atoms with Gasteiger partial charge in [-0.25, -0.2) is 0 Å². The van der Waals surface area contributed by atoms with Crippen LogP contribution in [0.1, 0.15) is 38.8 Å². The van der Waals surface area contributed by atoms with E-state index in [-0.39, 0.29) is 29.5 Å². The molecule has 1 aromatic carbocycles. The van der Waals surface area contributed by atoms with Crippen molar-refractivity contribution >= 4 is 29.9 Å². The van der Waals surface area contributed by atoms with Gasteiger partial charge >= 0.3 is 0 Å². The summed E-state index contributed by atoms with van der Waals surface area (Å²) in [5.74, 6) is 0.832. The zero-order valence-electron chi connectivity index (χ0n) is 14.7. The topological polar surface area (TPSA) is 39.7 Å². The summed E-state index contributed by atoms with van der Waals surface area (Å²) in [6.07, 6.45) is 0. The Hall–Kier alpha value is -0.820. The molecule has 1 rings (SSSR count). The molecule has 0 aliphatic rings. The molecule has 0 aliphatic carbocycles. The van der Waals surface area contributed by atoms with Crippen LogP contribution >= 0.6 is 24.0 Å². The van der Waals surface area contributed by atoms with Gasteiger partial charge in [-0.05, 0) is 45.5 Å². The molecule has 1 aromatic rings. The molecular weight excluding hydrogens is 387 g/mol. The Morgan fingerprint density at radius 1 is 1.23 bits per heavy atom. The van der Waals surface area contributed by atoms with Crippen LogP contribution in [-0.4, -0.2) is 37.0 Å². The highest BCUT2D eigenvalue weighted by Crippen LogP contribution is 2.07. The average Bonchev–Trinajstić information content (AvgIpc) is 2.42. The van der Waals surface area contributed by atoms with Crippen LogP contribution in [0.25, 0.3) is 0 Å². The summed E-state index contributed by atoms with van der Waals surface area (Å²) >= 11 is 0. The van der Waals surface area contributed by atoms with E-state index in [0.29, 0.717) is 0 Å². The smallest absolute Gasteiger partial charge is 0.191 e. The van der Waals surface area contributed by atoms with Gasteiger partial charge in [0.05, 0.1) is 0 Å². The Labute approximate surface area is 152 Å². The van der Waals surface area contributed by atoms with Gasteiger partial charge in [-0.1, -0.05) is 31.2 Å². The molecule has 2 N–H and O–H groups in total. The van der Waals surface area contributed by atoms with E-state index in [0.717, 1.165) is 25.6 Å². The number of benzene rings is 1. The van der Waals surface area contributed by atoms with Gasteiger partial charge in [0.2, 0.25) is 0 Å². The molecule has 5 heteroatoms. The minimum Gasteiger partial charge on any atom is -0.352 e. The van der Waals surface area contributed by atoms with Crippen LogP contribution in [0.15, 0.2) is 29.3 Å². The van der Waals surface area contributed by atoms with Crippen molar-refractivity contribution in [1.82, 2.24) is 15.5 Å². The van der Waals surface area contributed by atoms with Crippen molar-refractivity contribution in [3.05, 3.63) is 35.4 Å². The molecule has 0 bridgehead atoms. The van der Waals surface area contributed by atoms with Crippen molar-refractivity contribution in [1.29, 1.82) is 0 Å². The van der Waals surface area contributed by atoms with Crippen molar-refractivity contribution in [2.24, 2.45) is 4.99 Å². The Morgan fingerprint density at radius 2 is 1.86 bits per heavy atom. The van der Waals surface area contributed by atoms with Crippen molar-refractivity contribution in [3.8, 4) is 0 Å². The summed E-state index contributed by atoms with van der Waals surface area (Å²) in [5.41, 5.74) is 2.62. The van der Waals surface area contributed by atoms with Gasteiger partial charge in [0.15, 0.2) is 5.96 Å². The standard InChI is InChI=1S/C17H30N4.HI/c1-7-21(6)13-15-10-8-9-14(11-15)12-19-16(18-5)20-17(2,3)4;/h8-11H,7,12-13H2,1-6H3,(H2,18,19,20);1H. The monoisotopic (exact) mass is 418 g/mol. The minimum absolute atomic E-state index is 0. The van der Waals surface area contributed by atoms with Crippen LogP contribution in [0.2, 0.25) is 0 Å². The predicted octanol–water partition coefficient (Wildman–Crippen LogP) is 3.22. The zero-order chi connectivity index (χ0) is 15.9. The largest absolute Gasteiger partial charge is 0.352 e. The van der Waals surface area contributed by atoms with E-state index in [1.54, 1.807) is 7.05 Å². The second kappa shape index (κ2) is 10.0. The molecule has 0 atom stereocenters. The minimum atomic E-state index is 0. The van der Waals surface area contributed by atoms with E-state index in [1.807, 2.05) is 0 Å². The van der Waals surface area contributed by atoms with Crippen LogP contribution in [0.5, 0.6) is 0 Å². The third-order valence-corrected chi connectivity index (χ3v) is 3.16. The summed E-state index contributed by atoms with van der Waals surface area (Å²) in [5, 5.41) is 6.72. The van der Waals surface area contributed by atoms with Crippen LogP contribution in [0, 0.1) is 0 Å². The van der Waals surface area contributed by atoms with Crippen molar-refractivity contribution in [2.45, 2.75) is 46.3 Å². The maximum Gasteiger partial charge on any atom is 0.191 e. The Kier molecular flexibility index (Phi) is 9.67. The molecular formula is C17H31IN4. The van der Waals surface area contributed by atoms with E-state index < -0.39 is 0 Å². The lowest BCUT2D eigenvalue weighted by Crippen LogP contribution is -2.47. The third kappa shape index (κ3) is 8.58. The molecule has 0 amide bonds. The first-order valence-corrected chi connectivity index (χ1v) is 7.59. The third-order valence-electron chi connectivity index (χ3n) is 3.16. The fraction of sp³-hybridized carbons (Fsp3) is 0.588. The molecule has 0 saturated carbocycles. The molecule has 22 heavy (non-hydrogen) atoms. The van der Waals surface area contributed by atoms with Crippen LogP contribution in [0.4, 0.5) is 0 Å². The lowest BCUT2D eigenvalue weighted by Gasteiger charge is -2.24. The summed E-state index contributed by atoms with van der Waals surface area (Å²) in [6.45, 7) is 11.4. The molecule has 0 unspecified atom stereocenters. The second-order valence-corrected chi connectivity index (χ2v) is 6.45. The van der Waals surface area contributed by atoms with Crippen LogP contribution < -0.4 is 10.6 Å². The summed E-state index contributed by atoms with van der Waals surface area (Å²) in [6, 6.07) is 8.70. The van der Waals surface area contributed by atoms with Crippen LogP contribution in [0.3, 0.4) is 0 Å². The Bertz CT molecular complexity index is 466. The number of guanidine groups is 1. The van der Waals surface area contributed by atoms with Crippen molar-refractivity contribution in [3.63, 3.8) is 0 Å². The Morgan fingerprint density at radius 3 is 2.41 bits per heavy atom. The van der Waals surface area contributed by atoms with Gasteiger partial charge in [-0.2, -0.15) is 0 Å². The lowest BCUT2D eigenvalue weighted by atomic mass is 10.1. The summed E-state index contributed by atoms with van der Waals surface area (Å²) < 4.78 is 0. The molecule has 0 spiro atoms. The Balaban J connectivity index is 0.00000441. The van der Waals surface area contributed by atoms with E-state index >= 15 is 0 Å². The molecule has 126 valence electrons. The molecule has 0 saturated heterocycles. The molecule has 0 fully saturated rings. The molecule has 0 radical (unpaired) electrons. The first kappa shape index (κ1) is 21.2. The number of hydrogen-bond acceptors (Lipinski definition) is 2. The number of halogens is 1. The van der Waals surface area contributed by atoms with Gasteiger partial charge in [-0.3, -0.25) is 4.99 Å². The summed E-state index contributed by atoms with van der Waals surface area (Å²) in [4.78, 5) is 6.56. The normalized spacial score (nSPS) is 12.0. The fourth-order valence-electron chi connectivity index (χ4n) is 1.98.